The van der Waals surface area contributed by atoms with E-state index in [1.54, 1.807) is 0 Å². The van der Waals surface area contributed by atoms with E-state index in [0.717, 1.165) is 0 Å². The van der Waals surface area contributed by atoms with Crippen molar-refractivity contribution in [3.05, 3.63) is 29.7 Å². The Bertz CT molecular complexity index is 20.1. The maximum absolute atomic E-state index is 0. The fourth-order valence-corrected chi connectivity index (χ4v) is 0. The molecule has 308 valence electrons. The Kier molecular flexibility index (Phi) is 5410. The van der Waals surface area contributed by atoms with Gasteiger partial charge in [0.15, 0.2) is 0 Å². The van der Waals surface area contributed by atoms with Crippen molar-refractivity contribution < 1.29 is 969 Å². The van der Waals surface area contributed by atoms with E-state index >= 15 is 0 Å². The largest absolute Gasteiger partial charge is 0.358 e. The van der Waals surface area contributed by atoms with Crippen LogP contribution in [0.4, 0.5) is 0 Å². The van der Waals surface area contributed by atoms with Crippen molar-refractivity contribution in [1.82, 2.24) is 0 Å². The van der Waals surface area contributed by atoms with E-state index in [9.17, 15) is 0 Å². The van der Waals surface area contributed by atoms with E-state index in [1.807, 2.05) is 0 Å². The molecule has 0 saturated heterocycles. The van der Waals surface area contributed by atoms with Gasteiger partial charge in [-0.05, 0) is 0 Å². The SMILES string of the molecule is [CH3-].[CH3-].[CH3-].[CH3-].[W].[W].[W].[W].[W].[W].[W].[W].[W].[W].[W].[W].[W].[W].[W].[W].[W].[W].[W].[W].[W].[W].[W].[W].[W].[W].[W].[W].[W].[W].[W].[W].[W].[W].[W].[W].[W].[W].[W].[W].[W].[W].[W].[W].[W].[W]. The van der Waals surface area contributed by atoms with Gasteiger partial charge in [-0.25, -0.2) is 0 Å². The summed E-state index contributed by atoms with van der Waals surface area (Å²) in [5.74, 6) is 0. The zero-order chi connectivity index (χ0) is 0. The van der Waals surface area contributed by atoms with Crippen molar-refractivity contribution in [2.24, 2.45) is 0 Å². The zero-order valence-corrected chi connectivity index (χ0v) is 158. The van der Waals surface area contributed by atoms with Crippen molar-refractivity contribution in [3.8, 4) is 0 Å². The molecule has 0 atom stereocenters. The minimum atomic E-state index is 0. The molecule has 0 N–H and O–H groups in total. The van der Waals surface area contributed by atoms with Crippen LogP contribution in [-0.4, -0.2) is 0 Å². The van der Waals surface area contributed by atoms with E-state index in [0.29, 0.717) is 0 Å². The Morgan fingerprint density at radius 2 is 0.0400 bits per heavy atom. The Morgan fingerprint density at radius 1 is 0.0400 bits per heavy atom. The predicted molar refractivity (Wildman–Crippen MR) is 25.7 cm³/mol. The van der Waals surface area contributed by atoms with E-state index < -0.39 is 0 Å². The van der Waals surface area contributed by atoms with Gasteiger partial charge in [-0.3, -0.25) is 0 Å². The normalized spacial score (nSPS) is 0. The van der Waals surface area contributed by atoms with Gasteiger partial charge in [0.05, 0.1) is 0 Å². The Balaban J connectivity index is 0. The molecule has 46 heteroatoms. The first-order valence-electron chi connectivity index (χ1n) is 0. The standard InChI is InChI=1S/4CH3.46W/h4*1H3;;;;;;;;;;;;;;;;;;;;;;;;;;;;;;;;;;;;;;;;;;;;;;/q4*-1;;;;;;;;;;;;;;;;;;;;;;;;;;;;;;;;;;;;;;;;;;;;;;. The van der Waals surface area contributed by atoms with Crippen LogP contribution in [0.1, 0.15) is 0 Å². The van der Waals surface area contributed by atoms with Crippen LogP contribution < -0.4 is 0 Å². The summed E-state index contributed by atoms with van der Waals surface area (Å²) < 4.78 is 0. The van der Waals surface area contributed by atoms with E-state index in [2.05, 4.69) is 0 Å². The summed E-state index contributed by atoms with van der Waals surface area (Å²) in [5.41, 5.74) is 0. The van der Waals surface area contributed by atoms with Gasteiger partial charge in [0, 0.05) is 969 Å². The molecule has 0 aliphatic heterocycles. The topological polar surface area (TPSA) is 0 Å². The smallest absolute Gasteiger partial charge is 0 e. The molecule has 0 amide bonds. The van der Waals surface area contributed by atoms with Crippen molar-refractivity contribution in [2.75, 3.05) is 0 Å². The second-order valence-electron chi connectivity index (χ2n) is 0. The predicted octanol–water partition coefficient (Wildman–Crippen LogP) is 1.69. The summed E-state index contributed by atoms with van der Waals surface area (Å²) >= 11 is 0. The molecule has 0 aromatic carbocycles. The molecule has 0 unspecified atom stereocenters. The van der Waals surface area contributed by atoms with Crippen LogP contribution in [0.3, 0.4) is 0 Å². The molecule has 0 aliphatic carbocycles. The molecule has 0 rings (SSSR count). The molecule has 0 aromatic heterocycles. The molecule has 0 saturated carbocycles. The summed E-state index contributed by atoms with van der Waals surface area (Å²) in [6.07, 6.45) is 0. The molecule has 0 aliphatic rings. The van der Waals surface area contributed by atoms with Gasteiger partial charge in [-0.2, -0.15) is 0 Å². The monoisotopic (exact) mass is 8520 g/mol. The quantitative estimate of drug-likeness (QED) is 0.325. The molecule has 0 aromatic rings. The zero-order valence-electron chi connectivity index (χ0n) is 22.8. The summed E-state index contributed by atoms with van der Waals surface area (Å²) in [4.78, 5) is 0. The third-order valence-corrected chi connectivity index (χ3v) is 0. The fourth-order valence-electron chi connectivity index (χ4n) is 0. The Hall–Kier alpha value is 31.7. The van der Waals surface area contributed by atoms with Gasteiger partial charge in [-0.1, -0.05) is 0 Å². The second-order valence-corrected chi connectivity index (χ2v) is 0. The molecule has 0 spiro atoms. The third-order valence-electron chi connectivity index (χ3n) is 0. The Morgan fingerprint density at radius 3 is 0.0400 bits per heavy atom. The molecule has 50 heavy (non-hydrogen) atoms. The van der Waals surface area contributed by atoms with Gasteiger partial charge in [0.1, 0.15) is 0 Å². The molecule has 0 fully saturated rings. The van der Waals surface area contributed by atoms with Gasteiger partial charge in [-0.15, -0.1) is 0 Å². The van der Waals surface area contributed by atoms with Gasteiger partial charge in [0.2, 0.25) is 0 Å². The number of rotatable bonds is 0. The van der Waals surface area contributed by atoms with Crippen molar-refractivity contribution >= 4 is 0 Å². The first-order chi connectivity index (χ1) is 0. The first kappa shape index (κ1) is 530. The Labute approximate surface area is 969 Å². The molecule has 0 bridgehead atoms. The van der Waals surface area contributed by atoms with Gasteiger partial charge in [0.25, 0.3) is 0 Å². The molecule has 0 nitrogen and oxygen atoms in total. The van der Waals surface area contributed by atoms with Crippen LogP contribution in [0.25, 0.3) is 0 Å². The average molecular weight is 8520 g/mol. The van der Waals surface area contributed by atoms with E-state index in [4.69, 9.17) is 0 Å². The maximum atomic E-state index is 0. The van der Waals surface area contributed by atoms with Crippen molar-refractivity contribution in [3.63, 3.8) is 0 Å². The van der Waals surface area contributed by atoms with Crippen molar-refractivity contribution in [1.29, 1.82) is 0 Å². The average Bonchev–Trinajstić information content (AvgIpc) is 0. The summed E-state index contributed by atoms with van der Waals surface area (Å²) in [5, 5.41) is 0. The molecule has 0 radical (unpaired) electrons. The van der Waals surface area contributed by atoms with Crippen LogP contribution in [0.5, 0.6) is 0 Å². The summed E-state index contributed by atoms with van der Waals surface area (Å²) in [6.45, 7) is 0. The van der Waals surface area contributed by atoms with Crippen LogP contribution in [0.2, 0.25) is 0 Å². The van der Waals surface area contributed by atoms with Crippen LogP contribution >= 0.6 is 0 Å². The minimum absolute atomic E-state index is 0. The van der Waals surface area contributed by atoms with Crippen LogP contribution in [-0.2, 0) is 969 Å². The second kappa shape index (κ2) is 511. The van der Waals surface area contributed by atoms with Crippen LogP contribution in [0, 0.1) is 29.7 Å². The van der Waals surface area contributed by atoms with Crippen molar-refractivity contribution in [2.45, 2.75) is 0 Å². The molecule has 0 heterocycles. The maximum Gasteiger partial charge on any atom is 0 e. The van der Waals surface area contributed by atoms with E-state index in [1.165, 1.54) is 0 Å². The molecular weight excluding hydrogens is 8500 g/mol. The van der Waals surface area contributed by atoms with E-state index in [-0.39, 0.29) is 999 Å². The number of hydrogen-bond acceptors (Lipinski definition) is 0. The van der Waals surface area contributed by atoms with Gasteiger partial charge >= 0.3 is 0 Å². The summed E-state index contributed by atoms with van der Waals surface area (Å²) in [7, 11) is 0. The fraction of sp³-hybridized carbons (Fsp3) is 0. The van der Waals surface area contributed by atoms with Gasteiger partial charge < -0.3 is 29.7 Å². The first-order valence-corrected chi connectivity index (χ1v) is 0. The number of hydrogen-bond donors (Lipinski definition) is 0. The third kappa shape index (κ3) is 492. The summed E-state index contributed by atoms with van der Waals surface area (Å²) in [6, 6.07) is 0. The molecular formula is C4H12W46-4. The minimum Gasteiger partial charge on any atom is -0.358 e. The van der Waals surface area contributed by atoms with Crippen LogP contribution in [0.15, 0.2) is 0 Å².